The van der Waals surface area contributed by atoms with Gasteiger partial charge in [-0.1, -0.05) is 109 Å². The van der Waals surface area contributed by atoms with Gasteiger partial charge < -0.3 is 4.57 Å². The molecule has 202 valence electrons. The lowest BCUT2D eigenvalue weighted by atomic mass is 9.76. The Morgan fingerprint density at radius 3 is 2.02 bits per heavy atom. The van der Waals surface area contributed by atoms with Crippen LogP contribution in [0.1, 0.15) is 57.0 Å². The van der Waals surface area contributed by atoms with Gasteiger partial charge in [0.05, 0.1) is 17.5 Å². The predicted octanol–water partition coefficient (Wildman–Crippen LogP) is 7.14. The van der Waals surface area contributed by atoms with Gasteiger partial charge in [-0.05, 0) is 48.4 Å². The normalized spacial score (nSPS) is 13.0. The summed E-state index contributed by atoms with van der Waals surface area (Å²) in [4.78, 5) is 18.5. The summed E-state index contributed by atoms with van der Waals surface area (Å²) in [6.45, 7) is 2.99. The van der Waals surface area contributed by atoms with E-state index >= 15 is 0 Å². The van der Waals surface area contributed by atoms with Crippen molar-refractivity contribution in [3.63, 3.8) is 0 Å². The van der Waals surface area contributed by atoms with Gasteiger partial charge in [0.1, 0.15) is 11.2 Å². The second-order valence-corrected chi connectivity index (χ2v) is 10.9. The van der Waals surface area contributed by atoms with Crippen molar-refractivity contribution in [2.24, 2.45) is 0 Å². The third-order valence-corrected chi connectivity index (χ3v) is 8.57. The van der Waals surface area contributed by atoms with Crippen molar-refractivity contribution in [3.8, 4) is 0 Å². The molecule has 0 N–H and O–H groups in total. The lowest BCUT2D eigenvalue weighted by Gasteiger charge is -2.38. The minimum absolute atomic E-state index is 0.0715. The molecule has 41 heavy (non-hydrogen) atoms. The Hall–Kier alpha value is -4.77. The fourth-order valence-electron chi connectivity index (χ4n) is 6.64. The number of nitrogens with zero attached hydrogens (tertiary/aromatic N) is 4. The van der Waals surface area contributed by atoms with Crippen LogP contribution >= 0.6 is 0 Å². The highest BCUT2D eigenvalue weighted by molar-refractivity contribution is 6.06. The molecule has 4 aromatic carbocycles. The maximum Gasteiger partial charge on any atom is 0.184 e. The summed E-state index contributed by atoms with van der Waals surface area (Å²) in [5.74, 6) is 0.0715. The van der Waals surface area contributed by atoms with Gasteiger partial charge in [-0.2, -0.15) is 5.10 Å². The maximum atomic E-state index is 13.6. The number of carbonyl (C=O) groups excluding carboxylic acids is 1. The van der Waals surface area contributed by atoms with Gasteiger partial charge in [-0.3, -0.25) is 9.48 Å². The fourth-order valence-corrected chi connectivity index (χ4v) is 6.64. The van der Waals surface area contributed by atoms with Crippen LogP contribution in [0.4, 0.5) is 0 Å². The zero-order valence-electron chi connectivity index (χ0n) is 23.2. The van der Waals surface area contributed by atoms with Gasteiger partial charge in [0, 0.05) is 24.0 Å². The van der Waals surface area contributed by atoms with Crippen LogP contribution in [-0.4, -0.2) is 25.1 Å². The zero-order valence-corrected chi connectivity index (χ0v) is 23.2. The Bertz CT molecular complexity index is 1740. The molecular formula is C36H32N4O. The molecule has 2 aromatic heterocycles. The van der Waals surface area contributed by atoms with Crippen LogP contribution in [0.3, 0.4) is 0 Å². The Morgan fingerprint density at radius 2 is 1.41 bits per heavy atom. The average Bonchev–Trinajstić information content (AvgIpc) is 3.60. The minimum atomic E-state index is -0.621. The zero-order chi connectivity index (χ0) is 27.8. The van der Waals surface area contributed by atoms with Crippen LogP contribution in [-0.2, 0) is 24.9 Å². The molecule has 5 heteroatoms. The van der Waals surface area contributed by atoms with E-state index in [9.17, 15) is 4.79 Å². The van der Waals surface area contributed by atoms with Crippen LogP contribution in [0, 0.1) is 6.92 Å². The monoisotopic (exact) mass is 536 g/mol. The lowest BCUT2D eigenvalue weighted by molar-refractivity contribution is 0.0978. The van der Waals surface area contributed by atoms with E-state index in [0.717, 1.165) is 58.4 Å². The van der Waals surface area contributed by atoms with E-state index in [-0.39, 0.29) is 5.78 Å². The number of rotatable bonds is 8. The topological polar surface area (TPSA) is 52.7 Å². The van der Waals surface area contributed by atoms with Gasteiger partial charge in [0.2, 0.25) is 0 Å². The number of hydrogen-bond acceptors (Lipinski definition) is 3. The molecule has 0 radical (unpaired) electrons. The number of ketones is 1. The fraction of sp³-hybridized carbons (Fsp3) is 0.194. The van der Waals surface area contributed by atoms with Crippen LogP contribution in [0.25, 0.3) is 10.9 Å². The number of aromatic nitrogens is 4. The van der Waals surface area contributed by atoms with Crippen molar-refractivity contribution in [1.82, 2.24) is 19.3 Å². The van der Waals surface area contributed by atoms with E-state index in [0.29, 0.717) is 18.5 Å². The number of imidazole rings is 1. The third kappa shape index (κ3) is 4.12. The number of benzene rings is 4. The molecule has 3 heterocycles. The van der Waals surface area contributed by atoms with E-state index in [1.54, 1.807) is 0 Å². The van der Waals surface area contributed by atoms with E-state index in [1.807, 2.05) is 23.1 Å². The van der Waals surface area contributed by atoms with Crippen molar-refractivity contribution in [3.05, 3.63) is 155 Å². The largest absolute Gasteiger partial charge is 0.316 e. The third-order valence-electron chi connectivity index (χ3n) is 8.57. The van der Waals surface area contributed by atoms with E-state index in [2.05, 4.69) is 109 Å². The molecular weight excluding hydrogens is 504 g/mol. The van der Waals surface area contributed by atoms with E-state index in [1.165, 1.54) is 5.56 Å². The Kier molecular flexibility index (Phi) is 6.35. The molecule has 0 amide bonds. The molecule has 6 aromatic rings. The molecule has 0 fully saturated rings. The second-order valence-electron chi connectivity index (χ2n) is 10.9. The van der Waals surface area contributed by atoms with Crippen LogP contribution < -0.4 is 0 Å². The Balaban J connectivity index is 1.29. The molecule has 7 rings (SSSR count). The highest BCUT2D eigenvalue weighted by Crippen LogP contribution is 2.42. The summed E-state index contributed by atoms with van der Waals surface area (Å²) in [5.41, 5.74) is 7.81. The summed E-state index contributed by atoms with van der Waals surface area (Å²) >= 11 is 0. The first-order valence-corrected chi connectivity index (χ1v) is 14.4. The summed E-state index contributed by atoms with van der Waals surface area (Å²) in [6.07, 6.45) is 4.97. The van der Waals surface area contributed by atoms with Crippen molar-refractivity contribution in [2.75, 3.05) is 0 Å². The summed E-state index contributed by atoms with van der Waals surface area (Å²) in [5, 5.41) is 5.74. The smallest absolute Gasteiger partial charge is 0.184 e. The van der Waals surface area contributed by atoms with Gasteiger partial charge in [-0.25, -0.2) is 4.98 Å². The first-order valence-electron chi connectivity index (χ1n) is 14.4. The Labute approximate surface area is 240 Å². The highest BCUT2D eigenvalue weighted by Gasteiger charge is 2.39. The predicted molar refractivity (Wildman–Crippen MR) is 162 cm³/mol. The first-order chi connectivity index (χ1) is 20.2. The number of aryl methyl sites for hydroxylation is 3. The molecule has 1 aliphatic rings. The second kappa shape index (κ2) is 10.3. The van der Waals surface area contributed by atoms with Crippen LogP contribution in [0.2, 0.25) is 0 Å². The highest BCUT2D eigenvalue weighted by atomic mass is 16.1. The summed E-state index contributed by atoms with van der Waals surface area (Å²) in [6, 6.07) is 38.1. The van der Waals surface area contributed by atoms with Crippen LogP contribution in [0.5, 0.6) is 0 Å². The SMILES string of the molecule is Cc1c(CCC(=O)c2nn3c4c(cccc24)CCC3)ncn1C(c1ccccc1)(c1ccccc1)c1ccccc1. The number of Topliss-reactive ketones (excluding diaryl/α,β-unsaturated/α-hetero) is 1. The molecule has 0 atom stereocenters. The quantitative estimate of drug-likeness (QED) is 0.153. The van der Waals surface area contributed by atoms with Gasteiger partial charge in [-0.15, -0.1) is 0 Å². The molecule has 0 spiro atoms. The number of hydrogen-bond donors (Lipinski definition) is 0. The summed E-state index contributed by atoms with van der Waals surface area (Å²) in [7, 11) is 0. The molecule has 0 unspecified atom stereocenters. The molecule has 0 bridgehead atoms. The molecule has 1 aliphatic heterocycles. The average molecular weight is 537 g/mol. The molecule has 0 saturated carbocycles. The van der Waals surface area contributed by atoms with Gasteiger partial charge in [0.15, 0.2) is 5.78 Å². The maximum absolute atomic E-state index is 13.6. The first kappa shape index (κ1) is 25.2. The molecule has 0 aliphatic carbocycles. The van der Waals surface area contributed by atoms with E-state index in [4.69, 9.17) is 10.1 Å². The van der Waals surface area contributed by atoms with Crippen LogP contribution in [0.15, 0.2) is 116 Å². The lowest BCUT2D eigenvalue weighted by Crippen LogP contribution is -2.38. The number of para-hydroxylation sites is 1. The van der Waals surface area contributed by atoms with Gasteiger partial charge in [0.25, 0.3) is 0 Å². The van der Waals surface area contributed by atoms with Gasteiger partial charge >= 0.3 is 0 Å². The standard InChI is InChI=1S/C36H32N4O/c1-26-32(22-23-33(41)34-31-21-11-13-27-14-12-24-40(38-34)35(27)31)37-25-39(26)36(28-15-5-2-6-16-28,29-17-7-3-8-18-29)30-19-9-4-10-20-30/h2-11,13,15-21,25H,12,14,22-24H2,1H3. The van der Waals surface area contributed by atoms with Crippen molar-refractivity contribution in [1.29, 1.82) is 0 Å². The van der Waals surface area contributed by atoms with E-state index < -0.39 is 5.54 Å². The van der Waals surface area contributed by atoms with Crippen molar-refractivity contribution >= 4 is 16.7 Å². The Morgan fingerprint density at radius 1 is 0.805 bits per heavy atom. The number of carbonyl (C=O) groups is 1. The summed E-state index contributed by atoms with van der Waals surface area (Å²) < 4.78 is 4.31. The minimum Gasteiger partial charge on any atom is -0.316 e. The molecule has 0 saturated heterocycles. The van der Waals surface area contributed by atoms with Crippen molar-refractivity contribution in [2.45, 2.75) is 44.7 Å². The molecule has 5 nitrogen and oxygen atoms in total. The van der Waals surface area contributed by atoms with Crippen molar-refractivity contribution < 1.29 is 4.79 Å².